The van der Waals surface area contributed by atoms with Gasteiger partial charge in [-0.2, -0.15) is 0 Å². The lowest BCUT2D eigenvalue weighted by Crippen LogP contribution is -2.44. The minimum Gasteiger partial charge on any atom is -0.480 e. The summed E-state index contributed by atoms with van der Waals surface area (Å²) in [7, 11) is 0. The number of carbonyl (C=O) groups excluding carboxylic acids is 1. The third-order valence-electron chi connectivity index (χ3n) is 1.64. The van der Waals surface area contributed by atoms with Crippen LogP contribution in [0.1, 0.15) is 20.3 Å². The van der Waals surface area contributed by atoms with Gasteiger partial charge in [-0.3, -0.25) is 10.0 Å². The molecule has 0 aliphatic carbocycles. The number of halogens is 1. The van der Waals surface area contributed by atoms with E-state index in [0.717, 1.165) is 0 Å². The van der Waals surface area contributed by atoms with Crippen molar-refractivity contribution < 1.29 is 19.9 Å². The first-order chi connectivity index (χ1) is 6.40. The molecule has 0 rings (SSSR count). The van der Waals surface area contributed by atoms with Crippen LogP contribution in [0, 0.1) is 5.92 Å². The van der Waals surface area contributed by atoms with Gasteiger partial charge in [0.05, 0.1) is 0 Å². The smallest absolute Gasteiger partial charge is 0.329 e. The van der Waals surface area contributed by atoms with Gasteiger partial charge in [-0.25, -0.2) is 9.86 Å². The molecule has 0 bridgehead atoms. The van der Waals surface area contributed by atoms with Gasteiger partial charge in [-0.15, -0.1) is 11.6 Å². The van der Waals surface area contributed by atoms with Crippen LogP contribution in [0.4, 0.5) is 0 Å². The fourth-order valence-corrected chi connectivity index (χ4v) is 1.11. The number of hydroxylamine groups is 2. The largest absolute Gasteiger partial charge is 0.480 e. The molecule has 0 aliphatic rings. The molecule has 0 aliphatic heterocycles. The molecule has 0 heterocycles. The number of rotatable bonds is 5. The minimum absolute atomic E-state index is 0.0638. The van der Waals surface area contributed by atoms with Crippen LogP contribution < -0.4 is 0 Å². The zero-order valence-electron chi connectivity index (χ0n) is 8.11. The molecule has 0 unspecified atom stereocenters. The van der Waals surface area contributed by atoms with E-state index in [4.69, 9.17) is 16.7 Å². The van der Waals surface area contributed by atoms with Crippen LogP contribution in [0.5, 0.6) is 0 Å². The molecule has 82 valence electrons. The van der Waals surface area contributed by atoms with Crippen molar-refractivity contribution in [2.45, 2.75) is 26.3 Å². The van der Waals surface area contributed by atoms with Gasteiger partial charge in [0.15, 0.2) is 6.04 Å². The van der Waals surface area contributed by atoms with Gasteiger partial charge in [0, 0.05) is 0 Å². The number of carboxylic acids is 1. The predicted molar refractivity (Wildman–Crippen MR) is 50.2 cm³/mol. The van der Waals surface area contributed by atoms with E-state index in [9.17, 15) is 14.8 Å². The highest BCUT2D eigenvalue weighted by molar-refractivity contribution is 6.27. The summed E-state index contributed by atoms with van der Waals surface area (Å²) in [5, 5.41) is 18.1. The molecule has 0 saturated carbocycles. The van der Waals surface area contributed by atoms with Gasteiger partial charge in [0.2, 0.25) is 0 Å². The molecule has 2 N–H and O–H groups in total. The van der Waals surface area contributed by atoms with Crippen molar-refractivity contribution in [3.05, 3.63) is 0 Å². The number of carboxylic acid groups (broad SMARTS) is 1. The number of hydrogen-bond donors (Lipinski definition) is 2. The van der Waals surface area contributed by atoms with Crippen molar-refractivity contribution in [1.82, 2.24) is 5.06 Å². The van der Waals surface area contributed by atoms with E-state index >= 15 is 0 Å². The summed E-state index contributed by atoms with van der Waals surface area (Å²) < 4.78 is 0. The second-order valence-electron chi connectivity index (χ2n) is 3.36. The van der Waals surface area contributed by atoms with Crippen LogP contribution in [-0.2, 0) is 9.59 Å². The molecule has 1 amide bonds. The molecule has 0 spiro atoms. The van der Waals surface area contributed by atoms with Crippen LogP contribution in [0.15, 0.2) is 0 Å². The first-order valence-electron chi connectivity index (χ1n) is 4.19. The molecule has 6 heteroatoms. The predicted octanol–water partition coefficient (Wildman–Crippen LogP) is 0.942. The van der Waals surface area contributed by atoms with Crippen LogP contribution in [0.3, 0.4) is 0 Å². The molecule has 1 atom stereocenters. The van der Waals surface area contributed by atoms with E-state index < -0.39 is 23.8 Å². The first kappa shape index (κ1) is 13.2. The third kappa shape index (κ3) is 3.93. The molecule has 0 aromatic carbocycles. The average Bonchev–Trinajstić information content (AvgIpc) is 2.11. The van der Waals surface area contributed by atoms with Crippen molar-refractivity contribution in [1.29, 1.82) is 0 Å². The summed E-state index contributed by atoms with van der Waals surface area (Å²) in [5.41, 5.74) is 0. The standard InChI is InChI=1S/C8H14ClNO4/c1-5(2)3-6(8(12)13)10(14)7(11)4-9/h5-6,14H,3-4H2,1-2H3,(H,12,13)/t6-/m0/s1. The normalized spacial score (nSPS) is 12.6. The second-order valence-corrected chi connectivity index (χ2v) is 3.62. The van der Waals surface area contributed by atoms with E-state index in [1.807, 2.05) is 0 Å². The molecule has 0 fully saturated rings. The van der Waals surface area contributed by atoms with Crippen molar-refractivity contribution in [2.75, 3.05) is 5.88 Å². The Balaban J connectivity index is 4.48. The maximum atomic E-state index is 10.9. The lowest BCUT2D eigenvalue weighted by Gasteiger charge is -2.22. The zero-order chi connectivity index (χ0) is 11.3. The van der Waals surface area contributed by atoms with Crippen LogP contribution >= 0.6 is 11.6 Å². The third-order valence-corrected chi connectivity index (χ3v) is 1.87. The summed E-state index contributed by atoms with van der Waals surface area (Å²) in [6.45, 7) is 3.60. The van der Waals surface area contributed by atoms with Crippen molar-refractivity contribution in [3.63, 3.8) is 0 Å². The van der Waals surface area contributed by atoms with Gasteiger partial charge in [0.1, 0.15) is 5.88 Å². The van der Waals surface area contributed by atoms with E-state index in [0.29, 0.717) is 0 Å². The maximum Gasteiger partial charge on any atom is 0.329 e. The highest BCUT2D eigenvalue weighted by atomic mass is 35.5. The maximum absolute atomic E-state index is 10.9. The highest BCUT2D eigenvalue weighted by Gasteiger charge is 2.28. The topological polar surface area (TPSA) is 77.8 Å². The molecule has 0 radical (unpaired) electrons. The minimum atomic E-state index is -1.24. The van der Waals surface area contributed by atoms with Gasteiger partial charge in [-0.1, -0.05) is 13.8 Å². The number of aliphatic carboxylic acids is 1. The van der Waals surface area contributed by atoms with E-state index in [1.165, 1.54) is 0 Å². The lowest BCUT2D eigenvalue weighted by molar-refractivity contribution is -0.185. The Morgan fingerprint density at radius 1 is 1.43 bits per heavy atom. The lowest BCUT2D eigenvalue weighted by atomic mass is 10.0. The van der Waals surface area contributed by atoms with Gasteiger partial charge >= 0.3 is 5.97 Å². The molecular formula is C8H14ClNO4. The Kier molecular flexibility index (Phi) is 5.49. The number of amides is 1. The fraction of sp³-hybridized carbons (Fsp3) is 0.750. The SMILES string of the molecule is CC(C)C[C@@H](C(=O)O)N(O)C(=O)CCl. The molecule has 0 saturated heterocycles. The summed E-state index contributed by atoms with van der Waals surface area (Å²) in [4.78, 5) is 21.6. The van der Waals surface area contributed by atoms with Gasteiger partial charge in [0.25, 0.3) is 5.91 Å². The van der Waals surface area contributed by atoms with Crippen molar-refractivity contribution >= 4 is 23.5 Å². The van der Waals surface area contributed by atoms with Crippen LogP contribution in [-0.4, -0.2) is 39.2 Å². The zero-order valence-corrected chi connectivity index (χ0v) is 8.86. The fourth-order valence-electron chi connectivity index (χ4n) is 0.987. The van der Waals surface area contributed by atoms with E-state index in [2.05, 4.69) is 0 Å². The average molecular weight is 224 g/mol. The Bertz CT molecular complexity index is 219. The van der Waals surface area contributed by atoms with E-state index in [1.54, 1.807) is 13.8 Å². The molecular weight excluding hydrogens is 210 g/mol. The van der Waals surface area contributed by atoms with Gasteiger partial charge < -0.3 is 5.11 Å². The van der Waals surface area contributed by atoms with Crippen molar-refractivity contribution in [2.24, 2.45) is 5.92 Å². The monoisotopic (exact) mass is 223 g/mol. The van der Waals surface area contributed by atoms with Gasteiger partial charge in [-0.05, 0) is 12.3 Å². The first-order valence-corrected chi connectivity index (χ1v) is 4.73. The number of alkyl halides is 1. The van der Waals surface area contributed by atoms with E-state index in [-0.39, 0.29) is 17.4 Å². The van der Waals surface area contributed by atoms with Crippen LogP contribution in [0.2, 0.25) is 0 Å². The van der Waals surface area contributed by atoms with Crippen molar-refractivity contribution in [3.8, 4) is 0 Å². The molecule has 0 aromatic heterocycles. The molecule has 5 nitrogen and oxygen atoms in total. The molecule has 14 heavy (non-hydrogen) atoms. The number of carbonyl (C=O) groups is 2. The Hall–Kier alpha value is -0.810. The summed E-state index contributed by atoms with van der Waals surface area (Å²) in [5.74, 6) is -2.41. The summed E-state index contributed by atoms with van der Waals surface area (Å²) in [6.07, 6.45) is 0.189. The van der Waals surface area contributed by atoms with Crippen LogP contribution in [0.25, 0.3) is 0 Å². The summed E-state index contributed by atoms with van der Waals surface area (Å²) >= 11 is 5.19. The number of nitrogens with zero attached hydrogens (tertiary/aromatic N) is 1. The Labute approximate surface area is 87.2 Å². The Morgan fingerprint density at radius 2 is 1.93 bits per heavy atom. The quantitative estimate of drug-likeness (QED) is 0.413. The summed E-state index contributed by atoms with van der Waals surface area (Å²) in [6, 6.07) is -1.22. The highest BCUT2D eigenvalue weighted by Crippen LogP contribution is 2.10. The number of hydrogen-bond acceptors (Lipinski definition) is 3. The second kappa shape index (κ2) is 5.82. The Morgan fingerprint density at radius 3 is 2.21 bits per heavy atom. The molecule has 0 aromatic rings.